The SMILES string of the molecule is COc1ccc(N)cc1NC(=O)CCn1ccc(=O)cc1. The van der Waals surface area contributed by atoms with Gasteiger partial charge in [-0.2, -0.15) is 0 Å². The average molecular weight is 287 g/mol. The lowest BCUT2D eigenvalue weighted by atomic mass is 10.2. The van der Waals surface area contributed by atoms with E-state index in [4.69, 9.17) is 10.5 Å². The molecule has 21 heavy (non-hydrogen) atoms. The number of benzene rings is 1. The lowest BCUT2D eigenvalue weighted by Gasteiger charge is -2.11. The first-order valence-electron chi connectivity index (χ1n) is 6.48. The molecule has 0 aliphatic carbocycles. The van der Waals surface area contributed by atoms with Gasteiger partial charge in [0.1, 0.15) is 5.75 Å². The van der Waals surface area contributed by atoms with Gasteiger partial charge < -0.3 is 20.4 Å². The fraction of sp³-hybridized carbons (Fsp3) is 0.200. The van der Waals surface area contributed by atoms with Crippen LogP contribution in [0.4, 0.5) is 11.4 Å². The summed E-state index contributed by atoms with van der Waals surface area (Å²) in [5, 5.41) is 2.76. The second-order valence-corrected chi connectivity index (χ2v) is 4.53. The zero-order chi connectivity index (χ0) is 15.2. The number of hydrogen-bond donors (Lipinski definition) is 2. The van der Waals surface area contributed by atoms with E-state index in [1.807, 2.05) is 0 Å². The molecule has 2 rings (SSSR count). The summed E-state index contributed by atoms with van der Waals surface area (Å²) in [6.45, 7) is 0.483. The molecule has 110 valence electrons. The van der Waals surface area contributed by atoms with Gasteiger partial charge >= 0.3 is 0 Å². The Labute approximate surface area is 122 Å². The molecular weight excluding hydrogens is 270 g/mol. The highest BCUT2D eigenvalue weighted by Gasteiger charge is 2.08. The Morgan fingerprint density at radius 3 is 2.67 bits per heavy atom. The van der Waals surface area contributed by atoms with Gasteiger partial charge in [-0.25, -0.2) is 0 Å². The summed E-state index contributed by atoms with van der Waals surface area (Å²) in [5.74, 6) is 0.401. The molecular formula is C15H17N3O3. The summed E-state index contributed by atoms with van der Waals surface area (Å²) >= 11 is 0. The maximum atomic E-state index is 11.9. The van der Waals surface area contributed by atoms with Crippen molar-refractivity contribution in [1.29, 1.82) is 0 Å². The number of hydrogen-bond acceptors (Lipinski definition) is 4. The Kier molecular flexibility index (Phi) is 4.61. The summed E-state index contributed by atoms with van der Waals surface area (Å²) in [7, 11) is 1.53. The molecule has 6 heteroatoms. The summed E-state index contributed by atoms with van der Waals surface area (Å²) in [6, 6.07) is 7.97. The fourth-order valence-corrected chi connectivity index (χ4v) is 1.86. The van der Waals surface area contributed by atoms with Crippen molar-refractivity contribution in [2.24, 2.45) is 0 Å². The molecule has 2 aromatic rings. The number of aryl methyl sites for hydroxylation is 1. The molecule has 0 saturated heterocycles. The molecule has 0 atom stereocenters. The minimum absolute atomic E-state index is 0.0554. The lowest BCUT2D eigenvalue weighted by Crippen LogP contribution is -2.15. The molecule has 6 nitrogen and oxygen atoms in total. The molecule has 0 spiro atoms. The standard InChI is InChI=1S/C15H17N3O3/c1-21-14-3-2-11(16)10-13(14)17-15(20)6-9-18-7-4-12(19)5-8-18/h2-5,7-8,10H,6,9,16H2,1H3,(H,17,20). The number of nitrogens with zero attached hydrogens (tertiary/aromatic N) is 1. The smallest absolute Gasteiger partial charge is 0.226 e. The van der Waals surface area contributed by atoms with E-state index in [1.54, 1.807) is 35.2 Å². The number of methoxy groups -OCH3 is 1. The Bertz CT molecular complexity index is 674. The molecule has 3 N–H and O–H groups in total. The number of anilines is 2. The van der Waals surface area contributed by atoms with Crippen molar-refractivity contribution in [2.45, 2.75) is 13.0 Å². The minimum Gasteiger partial charge on any atom is -0.495 e. The normalized spacial score (nSPS) is 10.1. The summed E-state index contributed by atoms with van der Waals surface area (Å²) in [5.41, 5.74) is 6.73. The molecule has 1 amide bonds. The van der Waals surface area contributed by atoms with Gasteiger partial charge in [-0.15, -0.1) is 0 Å². The molecule has 0 aliphatic heterocycles. The third-order valence-corrected chi connectivity index (χ3v) is 2.96. The van der Waals surface area contributed by atoms with Crippen LogP contribution in [0.2, 0.25) is 0 Å². The van der Waals surface area contributed by atoms with Crippen LogP contribution in [0.1, 0.15) is 6.42 Å². The van der Waals surface area contributed by atoms with E-state index in [-0.39, 0.29) is 17.8 Å². The monoisotopic (exact) mass is 287 g/mol. The summed E-state index contributed by atoms with van der Waals surface area (Å²) in [6.07, 6.45) is 3.58. The molecule has 0 radical (unpaired) electrons. The first-order valence-corrected chi connectivity index (χ1v) is 6.48. The van der Waals surface area contributed by atoms with Crippen molar-refractivity contribution in [3.63, 3.8) is 0 Å². The summed E-state index contributed by atoms with van der Waals surface area (Å²) < 4.78 is 6.94. The number of rotatable bonds is 5. The Morgan fingerprint density at radius 2 is 2.00 bits per heavy atom. The number of nitrogens with one attached hydrogen (secondary N) is 1. The third kappa shape index (κ3) is 4.10. The van der Waals surface area contributed by atoms with E-state index in [2.05, 4.69) is 5.32 Å². The quantitative estimate of drug-likeness (QED) is 0.815. The first-order chi connectivity index (χ1) is 10.1. The van der Waals surface area contributed by atoms with Gasteiger partial charge in [0.05, 0.1) is 12.8 Å². The van der Waals surface area contributed by atoms with E-state index < -0.39 is 0 Å². The van der Waals surface area contributed by atoms with Gasteiger partial charge in [0.2, 0.25) is 5.91 Å². The van der Waals surface area contributed by atoms with E-state index in [9.17, 15) is 9.59 Å². The predicted octanol–water partition coefficient (Wildman–Crippen LogP) is 1.47. The topological polar surface area (TPSA) is 86.3 Å². The number of pyridine rings is 1. The van der Waals surface area contributed by atoms with Crippen LogP contribution in [-0.4, -0.2) is 17.6 Å². The molecule has 0 fully saturated rings. The Morgan fingerprint density at radius 1 is 1.29 bits per heavy atom. The lowest BCUT2D eigenvalue weighted by molar-refractivity contribution is -0.116. The maximum Gasteiger partial charge on any atom is 0.226 e. The number of carbonyl (C=O) groups is 1. The van der Waals surface area contributed by atoms with E-state index in [1.165, 1.54) is 19.2 Å². The van der Waals surface area contributed by atoms with Crippen LogP contribution >= 0.6 is 0 Å². The molecule has 1 aromatic heterocycles. The number of amides is 1. The van der Waals surface area contributed by atoms with Crippen molar-refractivity contribution in [3.05, 3.63) is 52.9 Å². The van der Waals surface area contributed by atoms with E-state index >= 15 is 0 Å². The average Bonchev–Trinajstić information content (AvgIpc) is 2.47. The highest BCUT2D eigenvalue weighted by atomic mass is 16.5. The van der Waals surface area contributed by atoms with Crippen LogP contribution in [0.25, 0.3) is 0 Å². The van der Waals surface area contributed by atoms with Gasteiger partial charge in [0.15, 0.2) is 5.43 Å². The van der Waals surface area contributed by atoms with Gasteiger partial charge in [0.25, 0.3) is 0 Å². The number of aromatic nitrogens is 1. The zero-order valence-electron chi connectivity index (χ0n) is 11.7. The predicted molar refractivity (Wildman–Crippen MR) is 81.4 cm³/mol. The van der Waals surface area contributed by atoms with Gasteiger partial charge in [0, 0.05) is 43.2 Å². The van der Waals surface area contributed by atoms with Crippen molar-refractivity contribution in [1.82, 2.24) is 4.57 Å². The minimum atomic E-state index is -0.155. The maximum absolute atomic E-state index is 11.9. The molecule has 0 unspecified atom stereocenters. The zero-order valence-corrected chi connectivity index (χ0v) is 11.7. The van der Waals surface area contributed by atoms with Crippen molar-refractivity contribution in [2.75, 3.05) is 18.2 Å². The fourth-order valence-electron chi connectivity index (χ4n) is 1.86. The van der Waals surface area contributed by atoms with E-state index in [0.29, 0.717) is 23.7 Å². The van der Waals surface area contributed by atoms with E-state index in [0.717, 1.165) is 0 Å². The number of carbonyl (C=O) groups excluding carboxylic acids is 1. The second-order valence-electron chi connectivity index (χ2n) is 4.53. The first kappa shape index (κ1) is 14.6. The largest absolute Gasteiger partial charge is 0.495 e. The van der Waals surface area contributed by atoms with Gasteiger partial charge in [-0.1, -0.05) is 0 Å². The second kappa shape index (κ2) is 6.60. The van der Waals surface area contributed by atoms with Crippen LogP contribution in [0, 0.1) is 0 Å². The Balaban J connectivity index is 1.97. The molecule has 1 heterocycles. The van der Waals surface area contributed by atoms with Gasteiger partial charge in [-0.3, -0.25) is 9.59 Å². The number of ether oxygens (including phenoxy) is 1. The Hall–Kier alpha value is -2.76. The molecule has 0 saturated carbocycles. The summed E-state index contributed by atoms with van der Waals surface area (Å²) in [4.78, 5) is 22.9. The van der Waals surface area contributed by atoms with Crippen LogP contribution < -0.4 is 21.2 Å². The van der Waals surface area contributed by atoms with Crippen molar-refractivity contribution < 1.29 is 9.53 Å². The molecule has 1 aromatic carbocycles. The van der Waals surface area contributed by atoms with Crippen molar-refractivity contribution in [3.8, 4) is 5.75 Å². The van der Waals surface area contributed by atoms with Crippen LogP contribution in [-0.2, 0) is 11.3 Å². The number of nitrogen functional groups attached to an aromatic ring is 1. The van der Waals surface area contributed by atoms with Crippen LogP contribution in [0.3, 0.4) is 0 Å². The van der Waals surface area contributed by atoms with Crippen molar-refractivity contribution >= 4 is 17.3 Å². The van der Waals surface area contributed by atoms with Crippen LogP contribution in [0.5, 0.6) is 5.75 Å². The highest BCUT2D eigenvalue weighted by Crippen LogP contribution is 2.26. The van der Waals surface area contributed by atoms with Gasteiger partial charge in [-0.05, 0) is 18.2 Å². The third-order valence-electron chi connectivity index (χ3n) is 2.96. The van der Waals surface area contributed by atoms with Crippen LogP contribution in [0.15, 0.2) is 47.5 Å². The molecule has 0 bridgehead atoms. The highest BCUT2D eigenvalue weighted by molar-refractivity contribution is 5.92. The number of nitrogens with two attached hydrogens (primary N) is 1. The molecule has 0 aliphatic rings.